The molecule has 2 N–H and O–H groups in total. The lowest BCUT2D eigenvalue weighted by molar-refractivity contribution is 0.0593. The molecule has 0 aliphatic rings. The summed E-state index contributed by atoms with van der Waals surface area (Å²) >= 11 is 0. The van der Waals surface area contributed by atoms with E-state index < -0.39 is 5.97 Å². The van der Waals surface area contributed by atoms with Crippen molar-refractivity contribution in [1.29, 1.82) is 0 Å². The van der Waals surface area contributed by atoms with Crippen LogP contribution in [-0.4, -0.2) is 28.3 Å². The number of aromatic amines is 1. The van der Waals surface area contributed by atoms with Crippen molar-refractivity contribution >= 4 is 28.4 Å². The number of aromatic nitrogens is 3. The number of H-pyrrole nitrogens is 1. The molecule has 2 heterocycles. The van der Waals surface area contributed by atoms with Gasteiger partial charge in [-0.25, -0.2) is 4.79 Å². The number of ether oxygens (including phenoxy) is 1. The number of rotatable bonds is 3. The summed E-state index contributed by atoms with van der Waals surface area (Å²) in [6.45, 7) is 2.02. The Morgan fingerprint density at radius 3 is 2.76 bits per heavy atom. The Balaban J connectivity index is 1.82. The van der Waals surface area contributed by atoms with Crippen LogP contribution >= 0.6 is 0 Å². The highest BCUT2D eigenvalue weighted by Gasteiger charge is 2.07. The van der Waals surface area contributed by atoms with E-state index in [0.717, 1.165) is 22.3 Å². The molecule has 2 aromatic heterocycles. The topological polar surface area (TPSA) is 79.9 Å². The molecular weight excluding hydrogens is 268 g/mol. The molecule has 106 valence electrons. The monoisotopic (exact) mass is 282 g/mol. The lowest BCUT2D eigenvalue weighted by Gasteiger charge is -2.05. The Morgan fingerprint density at radius 1 is 1.19 bits per heavy atom. The predicted octanol–water partition coefficient (Wildman–Crippen LogP) is 2.80. The van der Waals surface area contributed by atoms with Crippen LogP contribution in [0.25, 0.3) is 10.9 Å². The molecular formula is C15H14N4O2. The molecule has 3 aromatic rings. The highest BCUT2D eigenvalue weighted by molar-refractivity contribution is 5.87. The van der Waals surface area contributed by atoms with Gasteiger partial charge in [0, 0.05) is 22.3 Å². The Kier molecular flexibility index (Phi) is 3.27. The highest BCUT2D eigenvalue weighted by Crippen LogP contribution is 2.21. The van der Waals surface area contributed by atoms with Crippen molar-refractivity contribution in [2.24, 2.45) is 0 Å². The van der Waals surface area contributed by atoms with E-state index in [4.69, 9.17) is 0 Å². The van der Waals surface area contributed by atoms with Crippen LogP contribution in [0.4, 0.5) is 11.5 Å². The number of esters is 1. The standard InChI is InChI=1S/C15H14N4O2/c1-9-7-10-8-11(3-4-12(10)16-9)17-14-6-5-13(18-19-14)15(20)21-2/h3-8,16H,1-2H3,(H,17,19). The number of hydrogen-bond donors (Lipinski definition) is 2. The highest BCUT2D eigenvalue weighted by atomic mass is 16.5. The Labute approximate surface area is 121 Å². The zero-order chi connectivity index (χ0) is 14.8. The van der Waals surface area contributed by atoms with Crippen molar-refractivity contribution in [3.8, 4) is 0 Å². The largest absolute Gasteiger partial charge is 0.464 e. The van der Waals surface area contributed by atoms with Gasteiger partial charge in [-0.1, -0.05) is 0 Å². The lowest BCUT2D eigenvalue weighted by Crippen LogP contribution is -2.06. The average molecular weight is 282 g/mol. The quantitative estimate of drug-likeness (QED) is 0.722. The van der Waals surface area contributed by atoms with E-state index in [1.54, 1.807) is 12.1 Å². The molecule has 0 bridgehead atoms. The van der Waals surface area contributed by atoms with Crippen LogP contribution in [0.5, 0.6) is 0 Å². The third kappa shape index (κ3) is 2.69. The van der Waals surface area contributed by atoms with Crippen molar-refractivity contribution in [2.75, 3.05) is 12.4 Å². The zero-order valence-electron chi connectivity index (χ0n) is 11.7. The number of nitrogens with zero attached hydrogens (tertiary/aromatic N) is 2. The van der Waals surface area contributed by atoms with Crippen LogP contribution in [-0.2, 0) is 4.74 Å². The first-order valence-electron chi connectivity index (χ1n) is 6.44. The summed E-state index contributed by atoms with van der Waals surface area (Å²) in [6, 6.07) is 11.3. The number of anilines is 2. The number of nitrogens with one attached hydrogen (secondary N) is 2. The second kappa shape index (κ2) is 5.24. The summed E-state index contributed by atoms with van der Waals surface area (Å²) < 4.78 is 4.58. The van der Waals surface area contributed by atoms with Gasteiger partial charge in [-0.05, 0) is 43.3 Å². The zero-order valence-corrected chi connectivity index (χ0v) is 11.7. The van der Waals surface area contributed by atoms with Crippen LogP contribution in [0.15, 0.2) is 36.4 Å². The van der Waals surface area contributed by atoms with Crippen LogP contribution < -0.4 is 5.32 Å². The first-order chi connectivity index (χ1) is 10.2. The molecule has 0 radical (unpaired) electrons. The van der Waals surface area contributed by atoms with Crippen molar-refractivity contribution < 1.29 is 9.53 Å². The van der Waals surface area contributed by atoms with E-state index in [9.17, 15) is 4.79 Å². The molecule has 0 aliphatic carbocycles. The van der Waals surface area contributed by atoms with Crippen molar-refractivity contribution in [1.82, 2.24) is 15.2 Å². The third-order valence-corrected chi connectivity index (χ3v) is 3.09. The van der Waals surface area contributed by atoms with Gasteiger partial charge in [0.05, 0.1) is 7.11 Å². The SMILES string of the molecule is COC(=O)c1ccc(Nc2ccc3[nH]c(C)cc3c2)nn1. The van der Waals surface area contributed by atoms with Gasteiger partial charge < -0.3 is 15.0 Å². The second-order valence-corrected chi connectivity index (χ2v) is 4.67. The minimum Gasteiger partial charge on any atom is -0.464 e. The molecule has 0 unspecified atom stereocenters. The number of carbonyl (C=O) groups is 1. The molecule has 0 aliphatic heterocycles. The number of aryl methyl sites for hydroxylation is 1. The van der Waals surface area contributed by atoms with Gasteiger partial charge in [0.2, 0.25) is 0 Å². The van der Waals surface area contributed by atoms with Crippen LogP contribution in [0, 0.1) is 6.92 Å². The fourth-order valence-electron chi connectivity index (χ4n) is 2.12. The molecule has 0 saturated carbocycles. The number of hydrogen-bond acceptors (Lipinski definition) is 5. The van der Waals surface area contributed by atoms with Gasteiger partial charge in [0.15, 0.2) is 11.5 Å². The third-order valence-electron chi connectivity index (χ3n) is 3.09. The van der Waals surface area contributed by atoms with Gasteiger partial charge >= 0.3 is 5.97 Å². The molecule has 0 atom stereocenters. The normalized spacial score (nSPS) is 10.6. The summed E-state index contributed by atoms with van der Waals surface area (Å²) in [6.07, 6.45) is 0. The molecule has 0 fully saturated rings. The predicted molar refractivity (Wildman–Crippen MR) is 79.7 cm³/mol. The first kappa shape index (κ1) is 13.1. The van der Waals surface area contributed by atoms with E-state index in [0.29, 0.717) is 5.82 Å². The Morgan fingerprint density at radius 2 is 2.05 bits per heavy atom. The van der Waals surface area contributed by atoms with Gasteiger partial charge in [0.25, 0.3) is 0 Å². The van der Waals surface area contributed by atoms with E-state index in [1.807, 2.05) is 25.1 Å². The Hall–Kier alpha value is -2.89. The fraction of sp³-hybridized carbons (Fsp3) is 0.133. The minimum atomic E-state index is -0.502. The van der Waals surface area contributed by atoms with Gasteiger partial charge in [-0.2, -0.15) is 0 Å². The number of methoxy groups -OCH3 is 1. The van der Waals surface area contributed by atoms with Gasteiger partial charge in [-0.15, -0.1) is 10.2 Å². The maximum atomic E-state index is 11.3. The summed E-state index contributed by atoms with van der Waals surface area (Å²) in [5.41, 5.74) is 3.29. The second-order valence-electron chi connectivity index (χ2n) is 4.67. The lowest BCUT2D eigenvalue weighted by atomic mass is 10.2. The number of fused-ring (bicyclic) bond motifs is 1. The Bertz CT molecular complexity index is 793. The van der Waals surface area contributed by atoms with Crippen LogP contribution in [0.3, 0.4) is 0 Å². The number of carbonyl (C=O) groups excluding carboxylic acids is 1. The van der Waals surface area contributed by atoms with Gasteiger partial charge in [-0.3, -0.25) is 0 Å². The fourth-order valence-corrected chi connectivity index (χ4v) is 2.12. The molecule has 0 amide bonds. The molecule has 0 saturated heterocycles. The molecule has 3 rings (SSSR count). The molecule has 6 heteroatoms. The van der Waals surface area contributed by atoms with Crippen molar-refractivity contribution in [2.45, 2.75) is 6.92 Å². The molecule has 6 nitrogen and oxygen atoms in total. The summed E-state index contributed by atoms with van der Waals surface area (Å²) in [4.78, 5) is 14.6. The van der Waals surface area contributed by atoms with E-state index in [1.165, 1.54) is 7.11 Å². The van der Waals surface area contributed by atoms with Crippen molar-refractivity contribution in [3.05, 3.63) is 47.8 Å². The maximum absolute atomic E-state index is 11.3. The summed E-state index contributed by atoms with van der Waals surface area (Å²) in [5, 5.41) is 12.0. The average Bonchev–Trinajstić information content (AvgIpc) is 2.86. The van der Waals surface area contributed by atoms with Crippen LogP contribution in [0.2, 0.25) is 0 Å². The van der Waals surface area contributed by atoms with E-state index in [2.05, 4.69) is 31.3 Å². The smallest absolute Gasteiger partial charge is 0.358 e. The minimum absolute atomic E-state index is 0.180. The number of benzene rings is 1. The van der Waals surface area contributed by atoms with E-state index >= 15 is 0 Å². The van der Waals surface area contributed by atoms with Crippen LogP contribution in [0.1, 0.15) is 16.2 Å². The van der Waals surface area contributed by atoms with Crippen molar-refractivity contribution in [3.63, 3.8) is 0 Å². The maximum Gasteiger partial charge on any atom is 0.358 e. The first-order valence-corrected chi connectivity index (χ1v) is 6.44. The summed E-state index contributed by atoms with van der Waals surface area (Å²) in [7, 11) is 1.31. The molecule has 1 aromatic carbocycles. The van der Waals surface area contributed by atoms with Gasteiger partial charge in [0.1, 0.15) is 0 Å². The molecule has 0 spiro atoms. The van der Waals surface area contributed by atoms with E-state index in [-0.39, 0.29) is 5.69 Å². The molecule has 21 heavy (non-hydrogen) atoms. The summed E-state index contributed by atoms with van der Waals surface area (Å²) in [5.74, 6) is 0.0625.